The van der Waals surface area contributed by atoms with Crippen LogP contribution < -0.4 is 4.90 Å². The molecule has 0 unspecified atom stereocenters. The summed E-state index contributed by atoms with van der Waals surface area (Å²) in [6.45, 7) is 0. The lowest BCUT2D eigenvalue weighted by atomic mass is 9.68. The summed E-state index contributed by atoms with van der Waals surface area (Å²) in [5.41, 5.74) is 10.8. The number of hydrogen-bond acceptors (Lipinski definition) is 1. The molecule has 0 N–H and O–H groups in total. The Kier molecular flexibility index (Phi) is 5.41. The van der Waals surface area contributed by atoms with Crippen LogP contribution in [0.15, 0.2) is 164 Å². The van der Waals surface area contributed by atoms with Crippen LogP contribution in [0.2, 0.25) is 0 Å². The molecule has 0 fully saturated rings. The van der Waals surface area contributed by atoms with Gasteiger partial charge in [-0.05, 0) is 58.1 Å². The highest BCUT2D eigenvalue weighted by Gasteiger charge is 2.47. The predicted octanol–water partition coefficient (Wildman–Crippen LogP) is 9.52. The third-order valence-corrected chi connectivity index (χ3v) is 7.73. The maximum atomic E-state index is 2.39. The zero-order valence-corrected chi connectivity index (χ0v) is 21.0. The lowest BCUT2D eigenvalue weighted by Crippen LogP contribution is -2.28. The number of para-hydroxylation sites is 2. The molecule has 0 radical (unpaired) electrons. The molecule has 0 bridgehead atoms. The summed E-state index contributed by atoms with van der Waals surface area (Å²) in [6.07, 6.45) is 0. The number of rotatable bonds is 5. The Morgan fingerprint density at radius 3 is 1.37 bits per heavy atom. The first-order valence-corrected chi connectivity index (χ1v) is 13.1. The van der Waals surface area contributed by atoms with Crippen LogP contribution >= 0.6 is 0 Å². The summed E-state index contributed by atoms with van der Waals surface area (Å²) in [5, 5.41) is 0. The van der Waals surface area contributed by atoms with Gasteiger partial charge < -0.3 is 4.90 Å². The minimum absolute atomic E-state index is 0.413. The molecule has 0 aliphatic heterocycles. The Labute approximate surface area is 224 Å². The van der Waals surface area contributed by atoms with Gasteiger partial charge in [-0.1, -0.05) is 133 Å². The number of hydrogen-bond donors (Lipinski definition) is 0. The highest BCUT2D eigenvalue weighted by atomic mass is 15.1. The molecule has 180 valence electrons. The summed E-state index contributed by atoms with van der Waals surface area (Å²) in [5.74, 6) is 0. The van der Waals surface area contributed by atoms with E-state index in [-0.39, 0.29) is 0 Å². The standard InChI is InChI=1S/C37H27N/c1-5-16-28(17-6-1)37(29-18-7-2-8-19-29)33-25-14-13-24-32(33)36-34(37)26-15-27-35(36)38(30-20-9-3-10-21-30)31-22-11-4-12-23-31/h1-27H. The molecular weight excluding hydrogens is 458 g/mol. The Hall–Kier alpha value is -4.88. The first-order chi connectivity index (χ1) is 18.9. The topological polar surface area (TPSA) is 3.24 Å². The molecule has 7 rings (SSSR count). The molecule has 0 heterocycles. The molecule has 38 heavy (non-hydrogen) atoms. The second-order valence-corrected chi connectivity index (χ2v) is 9.73. The van der Waals surface area contributed by atoms with Gasteiger partial charge in [-0.3, -0.25) is 0 Å². The van der Waals surface area contributed by atoms with Crippen molar-refractivity contribution in [3.8, 4) is 11.1 Å². The second-order valence-electron chi connectivity index (χ2n) is 9.73. The van der Waals surface area contributed by atoms with Crippen molar-refractivity contribution in [2.24, 2.45) is 0 Å². The molecule has 0 spiro atoms. The van der Waals surface area contributed by atoms with Crippen molar-refractivity contribution in [3.05, 3.63) is 186 Å². The molecule has 0 saturated carbocycles. The Morgan fingerprint density at radius 1 is 0.368 bits per heavy atom. The average molecular weight is 486 g/mol. The van der Waals surface area contributed by atoms with Crippen LogP contribution in [0.1, 0.15) is 22.3 Å². The molecule has 1 heteroatoms. The first kappa shape index (κ1) is 22.3. The maximum absolute atomic E-state index is 2.39. The van der Waals surface area contributed by atoms with E-state index in [1.807, 2.05) is 0 Å². The van der Waals surface area contributed by atoms with Crippen molar-refractivity contribution < 1.29 is 0 Å². The SMILES string of the molecule is c1ccc(N(c2ccccc2)c2cccc3c2-c2ccccc2C3(c2ccccc2)c2ccccc2)cc1. The van der Waals surface area contributed by atoms with Gasteiger partial charge in [0.2, 0.25) is 0 Å². The monoisotopic (exact) mass is 485 g/mol. The minimum atomic E-state index is -0.413. The third kappa shape index (κ3) is 3.33. The van der Waals surface area contributed by atoms with Gasteiger partial charge in [-0.25, -0.2) is 0 Å². The fourth-order valence-corrected chi connectivity index (χ4v) is 6.24. The van der Waals surface area contributed by atoms with E-state index in [1.165, 1.54) is 39.1 Å². The van der Waals surface area contributed by atoms with Crippen molar-refractivity contribution in [2.45, 2.75) is 5.41 Å². The van der Waals surface area contributed by atoms with Crippen LogP contribution in [0.3, 0.4) is 0 Å². The molecular formula is C37H27N. The zero-order valence-electron chi connectivity index (χ0n) is 21.0. The molecule has 1 aliphatic rings. The lowest BCUT2D eigenvalue weighted by Gasteiger charge is -2.34. The smallest absolute Gasteiger partial charge is 0.0714 e. The fourth-order valence-electron chi connectivity index (χ4n) is 6.24. The van der Waals surface area contributed by atoms with Crippen molar-refractivity contribution >= 4 is 17.1 Å². The summed E-state index contributed by atoms with van der Waals surface area (Å²) >= 11 is 0. The van der Waals surface area contributed by atoms with Crippen LogP contribution in [0.5, 0.6) is 0 Å². The normalized spacial score (nSPS) is 12.9. The van der Waals surface area contributed by atoms with E-state index in [9.17, 15) is 0 Å². The molecule has 1 nitrogen and oxygen atoms in total. The van der Waals surface area contributed by atoms with Crippen LogP contribution in [-0.2, 0) is 5.41 Å². The average Bonchev–Trinajstić information content (AvgIpc) is 3.31. The van der Waals surface area contributed by atoms with E-state index in [2.05, 4.69) is 169 Å². The quantitative estimate of drug-likeness (QED) is 0.235. The van der Waals surface area contributed by atoms with E-state index in [4.69, 9.17) is 0 Å². The van der Waals surface area contributed by atoms with Gasteiger partial charge in [0.1, 0.15) is 0 Å². The van der Waals surface area contributed by atoms with Gasteiger partial charge in [0.15, 0.2) is 0 Å². The fraction of sp³-hybridized carbons (Fsp3) is 0.0270. The van der Waals surface area contributed by atoms with Crippen molar-refractivity contribution in [3.63, 3.8) is 0 Å². The number of nitrogens with zero attached hydrogens (tertiary/aromatic N) is 1. The van der Waals surface area contributed by atoms with E-state index in [0.717, 1.165) is 11.4 Å². The molecule has 6 aromatic rings. The predicted molar refractivity (Wildman–Crippen MR) is 158 cm³/mol. The zero-order chi connectivity index (χ0) is 25.4. The molecule has 0 aromatic heterocycles. The van der Waals surface area contributed by atoms with Gasteiger partial charge >= 0.3 is 0 Å². The maximum Gasteiger partial charge on any atom is 0.0714 e. The van der Waals surface area contributed by atoms with Crippen LogP contribution in [-0.4, -0.2) is 0 Å². The minimum Gasteiger partial charge on any atom is -0.310 e. The number of anilines is 3. The van der Waals surface area contributed by atoms with Crippen LogP contribution in [0.25, 0.3) is 11.1 Å². The first-order valence-electron chi connectivity index (χ1n) is 13.1. The Balaban J connectivity index is 1.60. The summed E-state index contributed by atoms with van der Waals surface area (Å²) in [6, 6.07) is 59.1. The van der Waals surface area contributed by atoms with Gasteiger partial charge in [-0.2, -0.15) is 0 Å². The highest BCUT2D eigenvalue weighted by molar-refractivity contribution is 5.97. The molecule has 0 atom stereocenters. The van der Waals surface area contributed by atoms with Crippen LogP contribution in [0, 0.1) is 0 Å². The van der Waals surface area contributed by atoms with Crippen molar-refractivity contribution in [1.82, 2.24) is 0 Å². The van der Waals surface area contributed by atoms with E-state index >= 15 is 0 Å². The van der Waals surface area contributed by atoms with Crippen LogP contribution in [0.4, 0.5) is 17.1 Å². The molecule has 0 amide bonds. The van der Waals surface area contributed by atoms with Gasteiger partial charge in [0.05, 0.1) is 11.1 Å². The van der Waals surface area contributed by atoms with Gasteiger partial charge in [0, 0.05) is 16.9 Å². The summed E-state index contributed by atoms with van der Waals surface area (Å²) in [7, 11) is 0. The molecule has 0 saturated heterocycles. The molecule has 1 aliphatic carbocycles. The van der Waals surface area contributed by atoms with Gasteiger partial charge in [-0.15, -0.1) is 0 Å². The lowest BCUT2D eigenvalue weighted by molar-refractivity contribution is 0.768. The number of benzene rings is 6. The summed E-state index contributed by atoms with van der Waals surface area (Å²) < 4.78 is 0. The Bertz CT molecular complexity index is 1610. The Morgan fingerprint density at radius 2 is 0.816 bits per heavy atom. The highest BCUT2D eigenvalue weighted by Crippen LogP contribution is 2.59. The van der Waals surface area contributed by atoms with Crippen molar-refractivity contribution in [1.29, 1.82) is 0 Å². The van der Waals surface area contributed by atoms with E-state index < -0.39 is 5.41 Å². The molecule has 6 aromatic carbocycles. The number of fused-ring (bicyclic) bond motifs is 3. The van der Waals surface area contributed by atoms with E-state index in [1.54, 1.807) is 0 Å². The summed E-state index contributed by atoms with van der Waals surface area (Å²) in [4.78, 5) is 2.39. The van der Waals surface area contributed by atoms with E-state index in [0.29, 0.717) is 0 Å². The van der Waals surface area contributed by atoms with Crippen molar-refractivity contribution in [2.75, 3.05) is 4.90 Å². The second kappa shape index (κ2) is 9.21. The largest absolute Gasteiger partial charge is 0.310 e. The van der Waals surface area contributed by atoms with Gasteiger partial charge in [0.25, 0.3) is 0 Å². The third-order valence-electron chi connectivity index (χ3n) is 7.73.